The van der Waals surface area contributed by atoms with Gasteiger partial charge in [0.05, 0.1) is 12.1 Å². The zero-order valence-corrected chi connectivity index (χ0v) is 12.7. The molecule has 0 aliphatic heterocycles. The number of ether oxygens (including phenoxy) is 1. The van der Waals surface area contributed by atoms with Gasteiger partial charge in [0.15, 0.2) is 0 Å². The Labute approximate surface area is 129 Å². The third-order valence-corrected chi connectivity index (χ3v) is 3.79. The van der Waals surface area contributed by atoms with E-state index < -0.39 is 0 Å². The smallest absolute Gasteiger partial charge is 0.129 e. The first-order chi connectivity index (χ1) is 10.8. The molecule has 3 rings (SSSR count). The van der Waals surface area contributed by atoms with Crippen molar-refractivity contribution < 1.29 is 9.13 Å². The number of aromatic amines is 1. The average molecular weight is 300 g/mol. The van der Waals surface area contributed by atoms with Gasteiger partial charge in [-0.25, -0.2) is 4.39 Å². The van der Waals surface area contributed by atoms with E-state index >= 15 is 0 Å². The monoisotopic (exact) mass is 300 g/mol. The van der Waals surface area contributed by atoms with Crippen LogP contribution in [0.5, 0.6) is 5.75 Å². The lowest BCUT2D eigenvalue weighted by atomic mass is 10.1. The Morgan fingerprint density at radius 1 is 1.14 bits per heavy atom. The molecule has 1 aromatic heterocycles. The van der Waals surface area contributed by atoms with Gasteiger partial charge in [0, 0.05) is 22.3 Å². The predicted octanol–water partition coefficient (Wildman–Crippen LogP) is 4.04. The molecule has 0 bridgehead atoms. The predicted molar refractivity (Wildman–Crippen MR) is 89.4 cm³/mol. The van der Waals surface area contributed by atoms with Crippen molar-refractivity contribution in [3.05, 3.63) is 42.5 Å². The Balaban J connectivity index is 1.71. The molecule has 0 fully saturated rings. The summed E-state index contributed by atoms with van der Waals surface area (Å²) in [6.45, 7) is 2.88. The maximum atomic E-state index is 12.4. The Bertz CT molecular complexity index is 753. The fourth-order valence-corrected chi connectivity index (χ4v) is 2.65. The summed E-state index contributed by atoms with van der Waals surface area (Å²) >= 11 is 0. The molecule has 0 saturated heterocycles. The van der Waals surface area contributed by atoms with Gasteiger partial charge in [-0.3, -0.25) is 0 Å². The lowest BCUT2D eigenvalue weighted by Gasteiger charge is -2.11. The Kier molecular flexibility index (Phi) is 4.59. The molecule has 1 atom stereocenters. The molecule has 3 nitrogen and oxygen atoms in total. The molecular weight excluding hydrogens is 279 g/mol. The summed E-state index contributed by atoms with van der Waals surface area (Å²) in [5.41, 5.74) is 2.20. The number of aromatic nitrogens is 1. The number of halogens is 1. The van der Waals surface area contributed by atoms with Crippen LogP contribution in [-0.2, 0) is 0 Å². The van der Waals surface area contributed by atoms with Gasteiger partial charge in [0.1, 0.15) is 12.4 Å². The number of hydrogen-bond acceptors (Lipinski definition) is 2. The summed E-state index contributed by atoms with van der Waals surface area (Å²) in [6.07, 6.45) is 0.850. The van der Waals surface area contributed by atoms with Gasteiger partial charge in [-0.05, 0) is 38.1 Å². The molecule has 1 heterocycles. The van der Waals surface area contributed by atoms with E-state index in [2.05, 4.69) is 28.5 Å². The Morgan fingerprint density at radius 2 is 1.95 bits per heavy atom. The van der Waals surface area contributed by atoms with Crippen molar-refractivity contribution in [3.63, 3.8) is 0 Å². The largest absolute Gasteiger partial charge is 0.493 e. The van der Waals surface area contributed by atoms with E-state index in [0.29, 0.717) is 6.61 Å². The van der Waals surface area contributed by atoms with Gasteiger partial charge < -0.3 is 15.0 Å². The van der Waals surface area contributed by atoms with Gasteiger partial charge in [0.25, 0.3) is 0 Å². The van der Waals surface area contributed by atoms with Gasteiger partial charge in [-0.1, -0.05) is 24.3 Å². The third kappa shape index (κ3) is 3.07. The number of para-hydroxylation sites is 1. The summed E-state index contributed by atoms with van der Waals surface area (Å²) in [4.78, 5) is 3.41. The van der Waals surface area contributed by atoms with Gasteiger partial charge in [-0.2, -0.15) is 0 Å². The van der Waals surface area contributed by atoms with E-state index in [1.165, 1.54) is 5.39 Å². The maximum Gasteiger partial charge on any atom is 0.129 e. The second-order valence-corrected chi connectivity index (χ2v) is 5.56. The zero-order chi connectivity index (χ0) is 15.4. The van der Waals surface area contributed by atoms with Crippen LogP contribution in [-0.4, -0.2) is 30.9 Å². The van der Waals surface area contributed by atoms with Crippen LogP contribution >= 0.6 is 0 Å². The summed E-state index contributed by atoms with van der Waals surface area (Å²) in [5, 5.41) is 5.43. The standard InChI is InChI=1S/C18H21FN2O/c1-13(12-19)20-10-5-11-22-17-9-4-8-16-18(17)14-6-2-3-7-15(14)21-16/h2-4,6-9,13,20-21H,5,10-12H2,1H3. The molecular formula is C18H21FN2O. The molecule has 0 saturated carbocycles. The highest BCUT2D eigenvalue weighted by atomic mass is 19.1. The molecule has 22 heavy (non-hydrogen) atoms. The van der Waals surface area contributed by atoms with Crippen molar-refractivity contribution in [2.24, 2.45) is 0 Å². The molecule has 0 amide bonds. The normalized spacial score (nSPS) is 12.8. The minimum atomic E-state index is -0.338. The van der Waals surface area contributed by atoms with Crippen LogP contribution in [0.2, 0.25) is 0 Å². The second-order valence-electron chi connectivity index (χ2n) is 5.56. The molecule has 0 spiro atoms. The van der Waals surface area contributed by atoms with Crippen molar-refractivity contribution in [1.29, 1.82) is 0 Å². The zero-order valence-electron chi connectivity index (χ0n) is 12.7. The first-order valence-corrected chi connectivity index (χ1v) is 7.71. The number of alkyl halides is 1. The van der Waals surface area contributed by atoms with Gasteiger partial charge >= 0.3 is 0 Å². The van der Waals surface area contributed by atoms with E-state index in [9.17, 15) is 4.39 Å². The number of rotatable bonds is 7. The number of fused-ring (bicyclic) bond motifs is 3. The summed E-state index contributed by atoms with van der Waals surface area (Å²) in [7, 11) is 0. The van der Waals surface area contributed by atoms with Crippen LogP contribution in [0.15, 0.2) is 42.5 Å². The number of nitrogens with one attached hydrogen (secondary N) is 2. The highest BCUT2D eigenvalue weighted by molar-refractivity contribution is 6.10. The quantitative estimate of drug-likeness (QED) is 0.646. The van der Waals surface area contributed by atoms with Crippen molar-refractivity contribution >= 4 is 21.8 Å². The average Bonchev–Trinajstić information content (AvgIpc) is 2.93. The van der Waals surface area contributed by atoms with Gasteiger partial charge in [0.2, 0.25) is 0 Å². The summed E-state index contributed by atoms with van der Waals surface area (Å²) < 4.78 is 18.3. The highest BCUT2D eigenvalue weighted by Crippen LogP contribution is 2.32. The van der Waals surface area contributed by atoms with Crippen molar-refractivity contribution in [2.45, 2.75) is 19.4 Å². The molecule has 0 aliphatic carbocycles. The van der Waals surface area contributed by atoms with E-state index in [0.717, 1.165) is 35.1 Å². The molecule has 2 aromatic carbocycles. The molecule has 1 unspecified atom stereocenters. The number of H-pyrrole nitrogens is 1. The molecule has 0 aliphatic rings. The Hall–Kier alpha value is -2.07. The SMILES string of the molecule is CC(CF)NCCCOc1cccc2[nH]c3ccccc3c12. The van der Waals surface area contributed by atoms with Crippen LogP contribution < -0.4 is 10.1 Å². The summed E-state index contributed by atoms with van der Waals surface area (Å²) in [5.74, 6) is 0.897. The lowest BCUT2D eigenvalue weighted by Crippen LogP contribution is -2.29. The van der Waals surface area contributed by atoms with E-state index in [1.807, 2.05) is 31.2 Å². The molecule has 3 aromatic rings. The topological polar surface area (TPSA) is 37.0 Å². The Morgan fingerprint density at radius 3 is 2.82 bits per heavy atom. The van der Waals surface area contributed by atoms with Crippen molar-refractivity contribution in [3.8, 4) is 5.75 Å². The summed E-state index contributed by atoms with van der Waals surface area (Å²) in [6, 6.07) is 14.2. The fraction of sp³-hybridized carbons (Fsp3) is 0.333. The number of hydrogen-bond donors (Lipinski definition) is 2. The maximum absolute atomic E-state index is 12.4. The fourth-order valence-electron chi connectivity index (χ4n) is 2.65. The first kappa shape index (κ1) is 14.9. The van der Waals surface area contributed by atoms with Crippen LogP contribution in [0.1, 0.15) is 13.3 Å². The van der Waals surface area contributed by atoms with Crippen LogP contribution in [0.25, 0.3) is 21.8 Å². The van der Waals surface area contributed by atoms with E-state index in [-0.39, 0.29) is 12.7 Å². The molecule has 116 valence electrons. The van der Waals surface area contributed by atoms with Crippen LogP contribution in [0.4, 0.5) is 4.39 Å². The molecule has 2 N–H and O–H groups in total. The minimum absolute atomic E-state index is 0.0861. The molecule has 0 radical (unpaired) electrons. The van der Waals surface area contributed by atoms with Crippen LogP contribution in [0.3, 0.4) is 0 Å². The minimum Gasteiger partial charge on any atom is -0.493 e. The second kappa shape index (κ2) is 6.79. The third-order valence-electron chi connectivity index (χ3n) is 3.79. The van der Waals surface area contributed by atoms with Gasteiger partial charge in [-0.15, -0.1) is 0 Å². The van der Waals surface area contributed by atoms with E-state index in [4.69, 9.17) is 4.74 Å². The van der Waals surface area contributed by atoms with E-state index in [1.54, 1.807) is 0 Å². The highest BCUT2D eigenvalue weighted by Gasteiger charge is 2.09. The first-order valence-electron chi connectivity index (χ1n) is 7.71. The van der Waals surface area contributed by atoms with Crippen LogP contribution in [0, 0.1) is 0 Å². The molecule has 4 heteroatoms. The van der Waals surface area contributed by atoms with Crippen molar-refractivity contribution in [1.82, 2.24) is 10.3 Å². The van der Waals surface area contributed by atoms with Crippen molar-refractivity contribution in [2.75, 3.05) is 19.8 Å². The lowest BCUT2D eigenvalue weighted by molar-refractivity contribution is 0.304. The number of benzene rings is 2.